The van der Waals surface area contributed by atoms with E-state index in [0.29, 0.717) is 17.5 Å². The number of aromatic nitrogens is 5. The van der Waals surface area contributed by atoms with Gasteiger partial charge in [-0.15, -0.1) is 0 Å². The second kappa shape index (κ2) is 14.3. The summed E-state index contributed by atoms with van der Waals surface area (Å²) in [4.78, 5) is 18.4. The molecule has 0 N–H and O–H groups in total. The lowest BCUT2D eigenvalue weighted by Gasteiger charge is -2.21. The van der Waals surface area contributed by atoms with Gasteiger partial charge in [-0.25, -0.2) is 15.0 Å². The smallest absolute Gasteiger partial charge is 0.166 e. The van der Waals surface area contributed by atoms with Crippen molar-refractivity contribution in [2.45, 2.75) is 9.79 Å². The standard InChI is InChI=1S/C57H35N5S/c1-2-13-36(14-3-1)38-25-30-40(31-26-38)54-58-55(41-32-27-39(28-33-41)43-34-29-37-15-4-5-16-42(37)35-43)60-56(59-54)45-18-7-9-21-48(45)61-47-20-8-6-17-44(47)52-46-19-12-24-51-53(46)62(57(52)61)49-22-10-11-23-50(49)63-51/h1-35H. The van der Waals surface area contributed by atoms with Gasteiger partial charge in [0, 0.05) is 42.6 Å². The molecule has 12 aromatic rings. The molecule has 6 heteroatoms. The average Bonchev–Trinajstić information content (AvgIpc) is 3.88. The molecular weight excluding hydrogens is 787 g/mol. The fourth-order valence-corrected chi connectivity index (χ4v) is 10.5. The second-order valence-corrected chi connectivity index (χ2v) is 17.1. The molecule has 0 atom stereocenters. The molecule has 0 spiro atoms. The Morgan fingerprint density at radius 1 is 0.349 bits per heavy atom. The van der Waals surface area contributed by atoms with Crippen molar-refractivity contribution in [3.05, 3.63) is 212 Å². The van der Waals surface area contributed by atoms with Crippen molar-refractivity contribution in [1.82, 2.24) is 24.1 Å². The first-order chi connectivity index (χ1) is 31.2. The van der Waals surface area contributed by atoms with E-state index >= 15 is 0 Å². The summed E-state index contributed by atoms with van der Waals surface area (Å²) in [6, 6.07) is 75.4. The fourth-order valence-electron chi connectivity index (χ4n) is 9.41. The molecule has 0 aliphatic carbocycles. The van der Waals surface area contributed by atoms with E-state index in [9.17, 15) is 0 Å². The molecule has 0 bridgehead atoms. The molecule has 4 heterocycles. The Kier molecular flexibility index (Phi) is 8.08. The van der Waals surface area contributed by atoms with Gasteiger partial charge < -0.3 is 0 Å². The van der Waals surface area contributed by atoms with E-state index in [0.717, 1.165) is 50.2 Å². The van der Waals surface area contributed by atoms with Crippen molar-refractivity contribution >= 4 is 55.4 Å². The minimum atomic E-state index is 0.605. The summed E-state index contributed by atoms with van der Waals surface area (Å²) in [5, 5.41) is 6.13. The number of nitrogens with zero attached hydrogens (tertiary/aromatic N) is 5. The summed E-state index contributed by atoms with van der Waals surface area (Å²) >= 11 is 1.84. The van der Waals surface area contributed by atoms with Gasteiger partial charge in [-0.3, -0.25) is 9.13 Å². The van der Waals surface area contributed by atoms with Gasteiger partial charge in [0.2, 0.25) is 0 Å². The van der Waals surface area contributed by atoms with Crippen molar-refractivity contribution < 1.29 is 0 Å². The first kappa shape index (κ1) is 35.7. The topological polar surface area (TPSA) is 48.5 Å². The van der Waals surface area contributed by atoms with Gasteiger partial charge in [-0.05, 0) is 75.5 Å². The van der Waals surface area contributed by atoms with E-state index in [1.54, 1.807) is 0 Å². The number of rotatable bonds is 6. The Morgan fingerprint density at radius 2 is 0.905 bits per heavy atom. The molecule has 294 valence electrons. The molecule has 3 aromatic heterocycles. The summed E-state index contributed by atoms with van der Waals surface area (Å²) < 4.78 is 4.89. The zero-order chi connectivity index (χ0) is 41.4. The normalized spacial score (nSPS) is 12.1. The van der Waals surface area contributed by atoms with Gasteiger partial charge >= 0.3 is 0 Å². The maximum Gasteiger partial charge on any atom is 0.166 e. The maximum atomic E-state index is 5.34. The van der Waals surface area contributed by atoms with Crippen molar-refractivity contribution in [3.8, 4) is 67.8 Å². The molecule has 1 aliphatic rings. The van der Waals surface area contributed by atoms with Crippen LogP contribution in [0.5, 0.6) is 0 Å². The van der Waals surface area contributed by atoms with Gasteiger partial charge in [0.1, 0.15) is 5.65 Å². The van der Waals surface area contributed by atoms with Gasteiger partial charge in [0.25, 0.3) is 0 Å². The SMILES string of the molecule is c1ccc(-c2ccc(-c3nc(-c4ccc(-c5ccc6ccccc6c5)cc4)nc(-c4ccccc4-n4c5ccccc5c5c6cccc7c6n(c54)-c4ccccc4S7)n3)cc2)cc1. The molecular formula is C57H35N5S. The van der Waals surface area contributed by atoms with E-state index < -0.39 is 0 Å². The van der Waals surface area contributed by atoms with Crippen LogP contribution >= 0.6 is 11.8 Å². The largest absolute Gasteiger partial charge is 0.294 e. The predicted octanol–water partition coefficient (Wildman–Crippen LogP) is 14.9. The van der Waals surface area contributed by atoms with Crippen LogP contribution in [0, 0.1) is 0 Å². The predicted molar refractivity (Wildman–Crippen MR) is 260 cm³/mol. The Hall–Kier alpha value is -8.06. The summed E-state index contributed by atoms with van der Waals surface area (Å²) in [7, 11) is 0. The molecule has 63 heavy (non-hydrogen) atoms. The molecule has 0 saturated carbocycles. The zero-order valence-corrected chi connectivity index (χ0v) is 34.7. The van der Waals surface area contributed by atoms with Crippen LogP contribution in [0.1, 0.15) is 0 Å². The molecule has 9 aromatic carbocycles. The number of hydrogen-bond donors (Lipinski definition) is 0. The third-order valence-corrected chi connectivity index (χ3v) is 13.5. The van der Waals surface area contributed by atoms with E-state index in [1.807, 2.05) is 17.8 Å². The zero-order valence-electron chi connectivity index (χ0n) is 33.9. The first-order valence-corrected chi connectivity index (χ1v) is 22.0. The Labute approximate surface area is 367 Å². The van der Waals surface area contributed by atoms with Crippen molar-refractivity contribution in [2.75, 3.05) is 0 Å². The number of fused-ring (bicyclic) bond motifs is 8. The number of benzene rings is 9. The van der Waals surface area contributed by atoms with Gasteiger partial charge in [-0.2, -0.15) is 0 Å². The molecule has 0 fully saturated rings. The maximum absolute atomic E-state index is 5.34. The van der Waals surface area contributed by atoms with Crippen molar-refractivity contribution in [1.29, 1.82) is 0 Å². The minimum absolute atomic E-state index is 0.605. The van der Waals surface area contributed by atoms with Crippen LogP contribution in [0.3, 0.4) is 0 Å². The second-order valence-electron chi connectivity index (χ2n) is 16.0. The van der Waals surface area contributed by atoms with Gasteiger partial charge in [0.15, 0.2) is 17.5 Å². The van der Waals surface area contributed by atoms with Crippen molar-refractivity contribution in [3.63, 3.8) is 0 Å². The Bertz CT molecular complexity index is 3750. The molecule has 5 nitrogen and oxygen atoms in total. The van der Waals surface area contributed by atoms with Crippen molar-refractivity contribution in [2.24, 2.45) is 0 Å². The fraction of sp³-hybridized carbons (Fsp3) is 0. The number of hydrogen-bond acceptors (Lipinski definition) is 4. The quantitative estimate of drug-likeness (QED) is 0.168. The molecule has 13 rings (SSSR count). The van der Waals surface area contributed by atoms with Crippen LogP contribution in [0.25, 0.3) is 111 Å². The molecule has 0 amide bonds. The van der Waals surface area contributed by atoms with Crippen LogP contribution in [-0.2, 0) is 0 Å². The summed E-state index contributed by atoms with van der Waals surface area (Å²) in [6.45, 7) is 0. The monoisotopic (exact) mass is 821 g/mol. The summed E-state index contributed by atoms with van der Waals surface area (Å²) in [5.41, 5.74) is 13.0. The Balaban J connectivity index is 1.02. The van der Waals surface area contributed by atoms with Crippen LogP contribution in [0.4, 0.5) is 0 Å². The third kappa shape index (κ3) is 5.76. The molecule has 0 unspecified atom stereocenters. The third-order valence-electron chi connectivity index (χ3n) is 12.4. The molecule has 0 saturated heterocycles. The van der Waals surface area contributed by atoms with E-state index in [2.05, 4.69) is 215 Å². The first-order valence-electron chi connectivity index (χ1n) is 21.2. The average molecular weight is 822 g/mol. The molecule has 1 aliphatic heterocycles. The lowest BCUT2D eigenvalue weighted by atomic mass is 10.00. The van der Waals surface area contributed by atoms with Crippen LogP contribution in [-0.4, -0.2) is 24.1 Å². The number of para-hydroxylation sites is 4. The van der Waals surface area contributed by atoms with Gasteiger partial charge in [-0.1, -0.05) is 182 Å². The lowest BCUT2D eigenvalue weighted by molar-refractivity contribution is 1.02. The van der Waals surface area contributed by atoms with E-state index in [-0.39, 0.29) is 0 Å². The lowest BCUT2D eigenvalue weighted by Crippen LogP contribution is -2.07. The highest BCUT2D eigenvalue weighted by atomic mass is 32.2. The highest BCUT2D eigenvalue weighted by molar-refractivity contribution is 7.99. The van der Waals surface area contributed by atoms with Crippen LogP contribution in [0.15, 0.2) is 222 Å². The summed E-state index contributed by atoms with van der Waals surface area (Å²) in [6.07, 6.45) is 0. The van der Waals surface area contributed by atoms with Gasteiger partial charge in [0.05, 0.1) is 22.4 Å². The van der Waals surface area contributed by atoms with E-state index in [4.69, 9.17) is 15.0 Å². The highest BCUT2D eigenvalue weighted by Crippen LogP contribution is 2.50. The van der Waals surface area contributed by atoms with Crippen LogP contribution < -0.4 is 0 Å². The molecule has 0 radical (unpaired) electrons. The van der Waals surface area contributed by atoms with E-state index in [1.165, 1.54) is 53.5 Å². The Morgan fingerprint density at radius 3 is 1.70 bits per heavy atom. The highest BCUT2D eigenvalue weighted by Gasteiger charge is 2.28. The van der Waals surface area contributed by atoms with Crippen LogP contribution in [0.2, 0.25) is 0 Å². The summed E-state index contributed by atoms with van der Waals surface area (Å²) in [5.74, 6) is 1.84. The minimum Gasteiger partial charge on any atom is -0.294 e.